The third-order valence-corrected chi connectivity index (χ3v) is 3.38. The zero-order chi connectivity index (χ0) is 17.8. The maximum Gasteiger partial charge on any atom is 0.449 e. The Bertz CT molecular complexity index is 649. The lowest BCUT2D eigenvalue weighted by atomic mass is 10.2. The number of benzene rings is 1. The molecule has 126 valence electrons. The lowest BCUT2D eigenvalue weighted by Crippen LogP contribution is -2.31. The van der Waals surface area contributed by atoms with E-state index in [-0.39, 0.29) is 17.9 Å². The molecule has 0 unspecified atom stereocenters. The Hall–Kier alpha value is -1.37. The zero-order valence-electron chi connectivity index (χ0n) is 11.8. The van der Waals surface area contributed by atoms with E-state index in [4.69, 9.17) is 45.3 Å². The normalized spacial score (nSPS) is 13.6. The van der Waals surface area contributed by atoms with Crippen LogP contribution in [0.2, 0.25) is 10.0 Å². The summed E-state index contributed by atoms with van der Waals surface area (Å²) < 4.78 is 42.3. The Kier molecular flexibility index (Phi) is 6.80. The minimum Gasteiger partial charge on any atom is -0.489 e. The van der Waals surface area contributed by atoms with E-state index < -0.39 is 17.2 Å². The van der Waals surface area contributed by atoms with Crippen LogP contribution in [-0.2, 0) is 11.3 Å². The molecular formula is C14H12Cl3F3N2O. The number of allylic oxidation sites excluding steroid dienone is 1. The van der Waals surface area contributed by atoms with Gasteiger partial charge in [0.05, 0.1) is 0 Å². The molecule has 0 radical (unpaired) electrons. The van der Waals surface area contributed by atoms with Crippen LogP contribution < -0.4 is 5.73 Å². The average molecular weight is 388 g/mol. The van der Waals surface area contributed by atoms with Crippen molar-refractivity contribution in [3.63, 3.8) is 0 Å². The second kappa shape index (κ2) is 7.95. The van der Waals surface area contributed by atoms with Gasteiger partial charge in [0.25, 0.3) is 0 Å². The molecule has 0 aromatic heterocycles. The van der Waals surface area contributed by atoms with Gasteiger partial charge in [0.2, 0.25) is 5.84 Å². The standard InChI is InChI=1S/C14H12Cl3F3N2O/c1-7(12(17)22-13(21)14(18,19)20)8(2)23-6-9-3-10(15)5-11(16)4-9/h3-5H,2,6H2,1H3,(H2,21,22)/b12-7-. The Labute approximate surface area is 146 Å². The number of aliphatic imine (C=N–C) groups is 1. The SMILES string of the molecule is C=C(OCc1cc(Cl)cc(Cl)c1)/C(C)=C(Cl)\N=C(/N)C(F)(F)F. The second-order valence-corrected chi connectivity index (χ2v) is 5.63. The van der Waals surface area contributed by atoms with Gasteiger partial charge in [-0.2, -0.15) is 13.2 Å². The molecule has 1 rings (SSSR count). The number of hydrogen-bond donors (Lipinski definition) is 1. The van der Waals surface area contributed by atoms with Crippen LogP contribution in [0.5, 0.6) is 0 Å². The molecule has 0 aliphatic heterocycles. The Morgan fingerprint density at radius 2 is 1.78 bits per heavy atom. The Balaban J connectivity index is 2.82. The lowest BCUT2D eigenvalue weighted by Gasteiger charge is -2.11. The summed E-state index contributed by atoms with van der Waals surface area (Å²) in [6, 6.07) is 4.81. The van der Waals surface area contributed by atoms with Gasteiger partial charge < -0.3 is 10.5 Å². The van der Waals surface area contributed by atoms with Crippen molar-refractivity contribution in [1.82, 2.24) is 0 Å². The molecule has 0 bridgehead atoms. The van der Waals surface area contributed by atoms with E-state index in [1.807, 2.05) is 0 Å². The van der Waals surface area contributed by atoms with Gasteiger partial charge in [0.1, 0.15) is 17.5 Å². The number of halogens is 6. The minimum absolute atomic E-state index is 0.0461. The molecule has 0 saturated carbocycles. The van der Waals surface area contributed by atoms with Crippen molar-refractivity contribution in [2.24, 2.45) is 10.7 Å². The van der Waals surface area contributed by atoms with Crippen molar-refractivity contribution in [3.05, 3.63) is 56.9 Å². The summed E-state index contributed by atoms with van der Waals surface area (Å²) in [6.45, 7) is 5.04. The van der Waals surface area contributed by atoms with Gasteiger partial charge >= 0.3 is 6.18 Å². The molecule has 1 aromatic carbocycles. The van der Waals surface area contributed by atoms with Crippen molar-refractivity contribution < 1.29 is 17.9 Å². The van der Waals surface area contributed by atoms with Crippen molar-refractivity contribution in [3.8, 4) is 0 Å². The molecule has 0 spiro atoms. The number of rotatable bonds is 5. The molecule has 0 aliphatic carbocycles. The first-order valence-electron chi connectivity index (χ1n) is 6.05. The highest BCUT2D eigenvalue weighted by atomic mass is 35.5. The molecule has 0 heterocycles. The van der Waals surface area contributed by atoms with Crippen LogP contribution in [0.3, 0.4) is 0 Å². The maximum absolute atomic E-state index is 12.3. The highest BCUT2D eigenvalue weighted by molar-refractivity contribution is 6.34. The van der Waals surface area contributed by atoms with Gasteiger partial charge in [-0.15, -0.1) is 0 Å². The van der Waals surface area contributed by atoms with Crippen LogP contribution in [0.4, 0.5) is 13.2 Å². The van der Waals surface area contributed by atoms with Gasteiger partial charge in [-0.05, 0) is 30.7 Å². The molecule has 0 aliphatic rings. The highest BCUT2D eigenvalue weighted by Crippen LogP contribution is 2.24. The lowest BCUT2D eigenvalue weighted by molar-refractivity contribution is -0.0598. The third kappa shape index (κ3) is 6.33. The molecule has 23 heavy (non-hydrogen) atoms. The van der Waals surface area contributed by atoms with E-state index in [0.29, 0.717) is 15.6 Å². The van der Waals surface area contributed by atoms with Crippen molar-refractivity contribution in [1.29, 1.82) is 0 Å². The maximum atomic E-state index is 12.3. The van der Waals surface area contributed by atoms with Crippen LogP contribution in [0.15, 0.2) is 46.3 Å². The third-order valence-electron chi connectivity index (χ3n) is 2.57. The molecular weight excluding hydrogens is 376 g/mol. The van der Waals surface area contributed by atoms with E-state index in [1.165, 1.54) is 6.92 Å². The largest absolute Gasteiger partial charge is 0.489 e. The van der Waals surface area contributed by atoms with Crippen LogP contribution in [0.1, 0.15) is 12.5 Å². The summed E-state index contributed by atoms with van der Waals surface area (Å²) in [6.07, 6.45) is -4.76. The number of nitrogens with two attached hydrogens (primary N) is 1. The molecule has 1 aromatic rings. The minimum atomic E-state index is -4.76. The molecule has 0 atom stereocenters. The molecule has 0 amide bonds. The van der Waals surface area contributed by atoms with Crippen LogP contribution in [-0.4, -0.2) is 12.0 Å². The zero-order valence-corrected chi connectivity index (χ0v) is 14.1. The summed E-state index contributed by atoms with van der Waals surface area (Å²) in [7, 11) is 0. The summed E-state index contributed by atoms with van der Waals surface area (Å²) in [5.74, 6) is -1.51. The van der Waals surface area contributed by atoms with Crippen LogP contribution in [0.25, 0.3) is 0 Å². The summed E-state index contributed by atoms with van der Waals surface area (Å²) in [5, 5.41) is 0.387. The predicted molar refractivity (Wildman–Crippen MR) is 86.6 cm³/mol. The first-order valence-corrected chi connectivity index (χ1v) is 7.19. The summed E-state index contributed by atoms with van der Waals surface area (Å²) in [4.78, 5) is 3.08. The van der Waals surface area contributed by atoms with Crippen molar-refractivity contribution in [2.75, 3.05) is 0 Å². The number of amidine groups is 1. The smallest absolute Gasteiger partial charge is 0.449 e. The van der Waals surface area contributed by atoms with Gasteiger partial charge in [0, 0.05) is 15.6 Å². The van der Waals surface area contributed by atoms with E-state index in [1.54, 1.807) is 18.2 Å². The van der Waals surface area contributed by atoms with E-state index in [0.717, 1.165) is 0 Å². The fraction of sp³-hybridized carbons (Fsp3) is 0.214. The molecule has 2 N–H and O–H groups in total. The van der Waals surface area contributed by atoms with Crippen LogP contribution >= 0.6 is 34.8 Å². The first kappa shape index (κ1) is 19.7. The molecule has 9 heteroatoms. The van der Waals surface area contributed by atoms with Crippen molar-refractivity contribution >= 4 is 40.6 Å². The van der Waals surface area contributed by atoms with Gasteiger partial charge in [-0.25, -0.2) is 4.99 Å². The van der Waals surface area contributed by atoms with E-state index >= 15 is 0 Å². The van der Waals surface area contributed by atoms with Crippen LogP contribution in [0, 0.1) is 0 Å². The van der Waals surface area contributed by atoms with Gasteiger partial charge in [-0.3, -0.25) is 0 Å². The van der Waals surface area contributed by atoms with Crippen molar-refractivity contribution in [2.45, 2.75) is 19.7 Å². The molecule has 0 saturated heterocycles. The number of ether oxygens (including phenoxy) is 1. The number of alkyl halides is 3. The topological polar surface area (TPSA) is 47.6 Å². The number of hydrogen-bond acceptors (Lipinski definition) is 2. The predicted octanol–water partition coefficient (Wildman–Crippen LogP) is 5.41. The average Bonchev–Trinajstić information content (AvgIpc) is 2.41. The van der Waals surface area contributed by atoms with Gasteiger partial charge in [-0.1, -0.05) is 41.4 Å². The molecule has 3 nitrogen and oxygen atoms in total. The summed E-state index contributed by atoms with van der Waals surface area (Å²) >= 11 is 17.4. The second-order valence-electron chi connectivity index (χ2n) is 4.40. The monoisotopic (exact) mass is 386 g/mol. The molecule has 0 fully saturated rings. The van der Waals surface area contributed by atoms with E-state index in [9.17, 15) is 13.2 Å². The first-order chi connectivity index (χ1) is 10.5. The number of nitrogens with zero attached hydrogens (tertiary/aromatic N) is 1. The Morgan fingerprint density at radius 3 is 2.26 bits per heavy atom. The van der Waals surface area contributed by atoms with E-state index in [2.05, 4.69) is 11.6 Å². The fourth-order valence-electron chi connectivity index (χ4n) is 1.34. The summed E-state index contributed by atoms with van der Waals surface area (Å²) in [5.41, 5.74) is 5.57. The quantitative estimate of drug-likeness (QED) is 0.241. The Morgan fingerprint density at radius 1 is 1.26 bits per heavy atom. The highest BCUT2D eigenvalue weighted by Gasteiger charge is 2.33. The fourth-order valence-corrected chi connectivity index (χ4v) is 2.11. The van der Waals surface area contributed by atoms with Gasteiger partial charge in [0.15, 0.2) is 0 Å².